The van der Waals surface area contributed by atoms with Crippen LogP contribution in [0.25, 0.3) is 16.8 Å². The van der Waals surface area contributed by atoms with E-state index in [1.807, 2.05) is 73.1 Å². The molecule has 0 fully saturated rings. The Bertz CT molecular complexity index is 839. The third-order valence-corrected chi connectivity index (χ3v) is 3.57. The van der Waals surface area contributed by atoms with E-state index in [0.29, 0.717) is 6.54 Å². The first-order valence-corrected chi connectivity index (χ1v) is 7.77. The summed E-state index contributed by atoms with van der Waals surface area (Å²) < 4.78 is 5.15. The van der Waals surface area contributed by atoms with E-state index < -0.39 is 6.09 Å². The fraction of sp³-hybridized carbons (Fsp3) is 0.100. The third kappa shape index (κ3) is 4.20. The van der Waals surface area contributed by atoms with Gasteiger partial charge in [-0.25, -0.2) is 4.79 Å². The fourth-order valence-electron chi connectivity index (χ4n) is 2.37. The molecule has 1 aromatic heterocycles. The molecule has 2 aromatic carbocycles. The van der Waals surface area contributed by atoms with Crippen LogP contribution in [0.4, 0.5) is 4.79 Å². The number of alkyl carbamates (subject to hydrolysis) is 1. The van der Waals surface area contributed by atoms with Crippen molar-refractivity contribution in [2.75, 3.05) is 6.54 Å². The van der Waals surface area contributed by atoms with Gasteiger partial charge in [-0.15, -0.1) is 0 Å². The van der Waals surface area contributed by atoms with Gasteiger partial charge in [0.15, 0.2) is 0 Å². The van der Waals surface area contributed by atoms with Gasteiger partial charge in [0.1, 0.15) is 6.61 Å². The minimum atomic E-state index is -0.431. The highest BCUT2D eigenvalue weighted by Gasteiger charge is 2.01. The number of ether oxygens (including phenoxy) is 1. The summed E-state index contributed by atoms with van der Waals surface area (Å²) in [6.07, 6.45) is 7.05. The van der Waals surface area contributed by atoms with Crippen molar-refractivity contribution in [2.45, 2.75) is 6.61 Å². The standard InChI is InChI=1S/C20H18N2O2/c23-20(24-15-16-7-2-1-3-8-16)22-12-6-10-18-14-21-13-17-9-4-5-11-19(17)18/h1-11,13-14H,12,15H2,(H,22,23). The number of hydrogen-bond donors (Lipinski definition) is 1. The average Bonchev–Trinajstić information content (AvgIpc) is 2.64. The van der Waals surface area contributed by atoms with Crippen molar-refractivity contribution in [2.24, 2.45) is 0 Å². The van der Waals surface area contributed by atoms with Crippen molar-refractivity contribution in [1.82, 2.24) is 10.3 Å². The van der Waals surface area contributed by atoms with E-state index in [-0.39, 0.29) is 6.61 Å². The molecule has 3 aromatic rings. The van der Waals surface area contributed by atoms with E-state index in [9.17, 15) is 4.79 Å². The number of carbonyl (C=O) groups is 1. The highest BCUT2D eigenvalue weighted by Crippen LogP contribution is 2.17. The zero-order chi connectivity index (χ0) is 16.6. The molecule has 1 heterocycles. The molecule has 24 heavy (non-hydrogen) atoms. The van der Waals surface area contributed by atoms with Gasteiger partial charge in [0.05, 0.1) is 0 Å². The largest absolute Gasteiger partial charge is 0.445 e. The highest BCUT2D eigenvalue weighted by molar-refractivity contribution is 5.89. The number of fused-ring (bicyclic) bond motifs is 1. The number of aromatic nitrogens is 1. The molecule has 4 heteroatoms. The minimum absolute atomic E-state index is 0.267. The molecular formula is C20H18N2O2. The first-order valence-electron chi connectivity index (χ1n) is 7.77. The van der Waals surface area contributed by atoms with Crippen LogP contribution in [0.3, 0.4) is 0 Å². The summed E-state index contributed by atoms with van der Waals surface area (Å²) in [4.78, 5) is 15.9. The zero-order valence-electron chi connectivity index (χ0n) is 13.2. The van der Waals surface area contributed by atoms with Gasteiger partial charge in [-0.05, 0) is 10.9 Å². The molecule has 120 valence electrons. The molecule has 0 atom stereocenters. The number of benzene rings is 2. The molecule has 0 saturated heterocycles. The van der Waals surface area contributed by atoms with Crippen LogP contribution in [0.15, 0.2) is 73.1 Å². The minimum Gasteiger partial charge on any atom is -0.445 e. The van der Waals surface area contributed by atoms with Crippen molar-refractivity contribution in [3.63, 3.8) is 0 Å². The molecule has 0 radical (unpaired) electrons. The van der Waals surface area contributed by atoms with Crippen LogP contribution in [0.2, 0.25) is 0 Å². The molecule has 0 saturated carbocycles. The van der Waals surface area contributed by atoms with Gasteiger partial charge >= 0.3 is 6.09 Å². The van der Waals surface area contributed by atoms with Crippen LogP contribution >= 0.6 is 0 Å². The molecule has 0 spiro atoms. The lowest BCUT2D eigenvalue weighted by atomic mass is 10.1. The van der Waals surface area contributed by atoms with Gasteiger partial charge in [-0.2, -0.15) is 0 Å². The Morgan fingerprint density at radius 3 is 2.71 bits per heavy atom. The molecule has 4 nitrogen and oxygen atoms in total. The lowest BCUT2D eigenvalue weighted by molar-refractivity contribution is 0.141. The average molecular weight is 318 g/mol. The second kappa shape index (κ2) is 7.92. The van der Waals surface area contributed by atoms with Gasteiger partial charge in [0.2, 0.25) is 0 Å². The van der Waals surface area contributed by atoms with E-state index in [0.717, 1.165) is 21.9 Å². The second-order valence-electron chi connectivity index (χ2n) is 5.29. The highest BCUT2D eigenvalue weighted by atomic mass is 16.5. The maximum Gasteiger partial charge on any atom is 0.407 e. The number of carbonyl (C=O) groups excluding carboxylic acids is 1. The van der Waals surface area contributed by atoms with Crippen molar-refractivity contribution < 1.29 is 9.53 Å². The lowest BCUT2D eigenvalue weighted by Gasteiger charge is -2.05. The van der Waals surface area contributed by atoms with Crippen LogP contribution in [-0.4, -0.2) is 17.6 Å². The summed E-state index contributed by atoms with van der Waals surface area (Å²) in [5.74, 6) is 0. The smallest absolute Gasteiger partial charge is 0.407 e. The first-order chi connectivity index (χ1) is 11.8. The third-order valence-electron chi connectivity index (χ3n) is 3.57. The Morgan fingerprint density at radius 2 is 1.83 bits per heavy atom. The predicted octanol–water partition coefficient (Wildman–Crippen LogP) is 4.17. The Balaban J connectivity index is 1.50. The zero-order valence-corrected chi connectivity index (χ0v) is 13.2. The van der Waals surface area contributed by atoms with Gasteiger partial charge in [0.25, 0.3) is 0 Å². The Kier molecular flexibility index (Phi) is 5.20. The second-order valence-corrected chi connectivity index (χ2v) is 5.29. The summed E-state index contributed by atoms with van der Waals surface area (Å²) in [5, 5.41) is 4.93. The SMILES string of the molecule is O=C(NCC=Cc1cncc2ccccc12)OCc1ccccc1. The van der Waals surface area contributed by atoms with E-state index in [1.165, 1.54) is 0 Å². The van der Waals surface area contributed by atoms with Crippen molar-refractivity contribution in [1.29, 1.82) is 0 Å². The van der Waals surface area contributed by atoms with Crippen molar-refractivity contribution in [3.05, 3.63) is 84.2 Å². The van der Waals surface area contributed by atoms with Gasteiger partial charge in [-0.1, -0.05) is 66.7 Å². The summed E-state index contributed by atoms with van der Waals surface area (Å²) >= 11 is 0. The van der Waals surface area contributed by atoms with Gasteiger partial charge < -0.3 is 10.1 Å². The Labute approximate surface area is 140 Å². The maximum absolute atomic E-state index is 11.7. The topological polar surface area (TPSA) is 51.2 Å². The molecule has 3 rings (SSSR count). The van der Waals surface area contributed by atoms with Crippen LogP contribution in [-0.2, 0) is 11.3 Å². The molecule has 0 aliphatic carbocycles. The van der Waals surface area contributed by atoms with Gasteiger partial charge in [0, 0.05) is 29.9 Å². The molecular weight excluding hydrogens is 300 g/mol. The summed E-state index contributed by atoms with van der Waals surface area (Å²) in [6, 6.07) is 17.7. The van der Waals surface area contributed by atoms with Crippen LogP contribution in [0, 0.1) is 0 Å². The quantitative estimate of drug-likeness (QED) is 0.768. The molecule has 0 aliphatic heterocycles. The number of nitrogens with zero attached hydrogens (tertiary/aromatic N) is 1. The number of rotatable bonds is 5. The number of hydrogen-bond acceptors (Lipinski definition) is 3. The summed E-state index contributed by atoms with van der Waals surface area (Å²) in [5.41, 5.74) is 1.98. The Hall–Kier alpha value is -3.14. The molecule has 1 N–H and O–H groups in total. The molecule has 1 amide bonds. The van der Waals surface area contributed by atoms with E-state index >= 15 is 0 Å². The normalized spacial score (nSPS) is 10.8. The monoisotopic (exact) mass is 318 g/mol. The van der Waals surface area contributed by atoms with Crippen LogP contribution < -0.4 is 5.32 Å². The number of pyridine rings is 1. The lowest BCUT2D eigenvalue weighted by Crippen LogP contribution is -2.24. The molecule has 0 aliphatic rings. The fourth-order valence-corrected chi connectivity index (χ4v) is 2.37. The first kappa shape index (κ1) is 15.7. The number of nitrogens with one attached hydrogen (secondary N) is 1. The Morgan fingerprint density at radius 1 is 1.04 bits per heavy atom. The predicted molar refractivity (Wildman–Crippen MR) is 95.4 cm³/mol. The van der Waals surface area contributed by atoms with Crippen molar-refractivity contribution >= 4 is 22.9 Å². The number of amides is 1. The summed E-state index contributed by atoms with van der Waals surface area (Å²) in [7, 11) is 0. The molecule has 0 unspecified atom stereocenters. The van der Waals surface area contributed by atoms with Gasteiger partial charge in [-0.3, -0.25) is 4.98 Å². The van der Waals surface area contributed by atoms with Crippen LogP contribution in [0.1, 0.15) is 11.1 Å². The summed E-state index contributed by atoms with van der Waals surface area (Å²) in [6.45, 7) is 0.667. The van der Waals surface area contributed by atoms with E-state index in [4.69, 9.17) is 4.74 Å². The van der Waals surface area contributed by atoms with E-state index in [2.05, 4.69) is 16.4 Å². The van der Waals surface area contributed by atoms with E-state index in [1.54, 1.807) is 0 Å². The maximum atomic E-state index is 11.7. The van der Waals surface area contributed by atoms with Crippen molar-refractivity contribution in [3.8, 4) is 0 Å². The van der Waals surface area contributed by atoms with Crippen LogP contribution in [0.5, 0.6) is 0 Å². The molecule has 0 bridgehead atoms.